The third-order valence-corrected chi connectivity index (χ3v) is 3.74. The van der Waals surface area contributed by atoms with E-state index >= 15 is 0 Å². The number of carbonyl (C=O) groups excluding carboxylic acids is 1. The van der Waals surface area contributed by atoms with Gasteiger partial charge in [-0.1, -0.05) is 18.2 Å². The van der Waals surface area contributed by atoms with Crippen LogP contribution in [-0.4, -0.2) is 10.4 Å². The van der Waals surface area contributed by atoms with Gasteiger partial charge in [-0.25, -0.2) is 0 Å². The van der Waals surface area contributed by atoms with Gasteiger partial charge in [-0.2, -0.15) is 0 Å². The highest BCUT2D eigenvalue weighted by atomic mass is 16.1. The van der Waals surface area contributed by atoms with E-state index in [1.807, 2.05) is 6.07 Å². The summed E-state index contributed by atoms with van der Waals surface area (Å²) >= 11 is 0. The molecule has 3 rings (SSSR count). The molecule has 2 nitrogen and oxygen atoms in total. The normalized spacial score (nSPS) is 16.1. The van der Waals surface area contributed by atoms with Crippen LogP contribution in [0.25, 0.3) is 10.9 Å². The second-order valence-electron chi connectivity index (χ2n) is 6.12. The molecule has 0 atom stereocenters. The lowest BCUT2D eigenvalue weighted by molar-refractivity contribution is 0.0972. The molecule has 0 spiro atoms. The van der Waals surface area contributed by atoms with Crippen molar-refractivity contribution in [1.82, 2.24) is 4.57 Å². The van der Waals surface area contributed by atoms with E-state index in [1.54, 1.807) is 0 Å². The summed E-state index contributed by atoms with van der Waals surface area (Å²) in [6, 6.07) is 8.30. The maximum atomic E-state index is 12.2. The van der Waals surface area contributed by atoms with Gasteiger partial charge >= 0.3 is 0 Å². The van der Waals surface area contributed by atoms with Gasteiger partial charge in [-0.15, -0.1) is 0 Å². The van der Waals surface area contributed by atoms with E-state index in [-0.39, 0.29) is 5.54 Å². The number of fused-ring (bicyclic) bond motifs is 3. The Labute approximate surface area is 108 Å². The summed E-state index contributed by atoms with van der Waals surface area (Å²) in [5.74, 6) is 0.315. The molecule has 1 heterocycles. The Morgan fingerprint density at radius 2 is 1.83 bits per heavy atom. The Bertz CT molecular complexity index is 628. The topological polar surface area (TPSA) is 22.0 Å². The number of para-hydroxylation sites is 1. The zero-order valence-electron chi connectivity index (χ0n) is 11.3. The van der Waals surface area contributed by atoms with Crippen LogP contribution >= 0.6 is 0 Å². The Balaban J connectivity index is 2.45. The fourth-order valence-corrected chi connectivity index (χ4v) is 3.15. The second kappa shape index (κ2) is 3.71. The Morgan fingerprint density at radius 3 is 2.56 bits per heavy atom. The summed E-state index contributed by atoms with van der Waals surface area (Å²) in [4.78, 5) is 12.2. The molecule has 0 aliphatic heterocycles. The van der Waals surface area contributed by atoms with Crippen molar-refractivity contribution >= 4 is 16.7 Å². The van der Waals surface area contributed by atoms with Crippen LogP contribution in [0.15, 0.2) is 24.3 Å². The van der Waals surface area contributed by atoms with Gasteiger partial charge in [0.1, 0.15) is 0 Å². The summed E-state index contributed by atoms with van der Waals surface area (Å²) < 4.78 is 2.36. The quantitative estimate of drug-likeness (QED) is 0.685. The van der Waals surface area contributed by atoms with E-state index in [1.165, 1.54) is 11.2 Å². The molecule has 1 aliphatic rings. The smallest absolute Gasteiger partial charge is 0.165 e. The number of hydrogen-bond donors (Lipinski definition) is 0. The molecule has 1 aliphatic carbocycles. The fraction of sp³-hybridized carbons (Fsp3) is 0.438. The van der Waals surface area contributed by atoms with Crippen molar-refractivity contribution in [3.63, 3.8) is 0 Å². The van der Waals surface area contributed by atoms with Crippen molar-refractivity contribution < 1.29 is 4.79 Å². The van der Waals surface area contributed by atoms with Crippen molar-refractivity contribution in [3.8, 4) is 0 Å². The van der Waals surface area contributed by atoms with Gasteiger partial charge < -0.3 is 4.57 Å². The van der Waals surface area contributed by atoms with Crippen LogP contribution in [-0.2, 0) is 12.0 Å². The molecule has 1 aromatic heterocycles. The molecule has 94 valence electrons. The number of aromatic nitrogens is 1. The summed E-state index contributed by atoms with van der Waals surface area (Å²) in [7, 11) is 0. The molecule has 0 fully saturated rings. The minimum atomic E-state index is 0.0187. The van der Waals surface area contributed by atoms with Crippen LogP contribution in [0, 0.1) is 0 Å². The third-order valence-electron chi connectivity index (χ3n) is 3.74. The number of rotatable bonds is 0. The van der Waals surface area contributed by atoms with E-state index in [0.29, 0.717) is 12.2 Å². The van der Waals surface area contributed by atoms with E-state index < -0.39 is 0 Å². The maximum Gasteiger partial charge on any atom is 0.165 e. The second-order valence-corrected chi connectivity index (χ2v) is 6.12. The van der Waals surface area contributed by atoms with Crippen molar-refractivity contribution in [2.24, 2.45) is 0 Å². The van der Waals surface area contributed by atoms with Crippen LogP contribution in [0.5, 0.6) is 0 Å². The summed E-state index contributed by atoms with van der Waals surface area (Å²) in [6.07, 6.45) is 2.70. The molecule has 0 radical (unpaired) electrons. The number of carbonyl (C=O) groups is 1. The van der Waals surface area contributed by atoms with Crippen LogP contribution in [0.4, 0.5) is 0 Å². The van der Waals surface area contributed by atoms with E-state index in [2.05, 4.69) is 43.5 Å². The average Bonchev–Trinajstić information content (AvgIpc) is 2.63. The van der Waals surface area contributed by atoms with E-state index in [4.69, 9.17) is 0 Å². The molecule has 0 saturated carbocycles. The van der Waals surface area contributed by atoms with Gasteiger partial charge in [-0.05, 0) is 39.7 Å². The highest BCUT2D eigenvalue weighted by Crippen LogP contribution is 2.35. The molecule has 0 bridgehead atoms. The summed E-state index contributed by atoms with van der Waals surface area (Å²) in [6.45, 7) is 6.62. The first-order valence-electron chi connectivity index (χ1n) is 6.66. The summed E-state index contributed by atoms with van der Waals surface area (Å²) in [5.41, 5.74) is 3.43. The van der Waals surface area contributed by atoms with Gasteiger partial charge in [0.2, 0.25) is 0 Å². The molecule has 18 heavy (non-hydrogen) atoms. The lowest BCUT2D eigenvalue weighted by atomic mass is 9.94. The Kier molecular flexibility index (Phi) is 2.37. The van der Waals surface area contributed by atoms with Crippen molar-refractivity contribution in [3.05, 3.63) is 35.5 Å². The van der Waals surface area contributed by atoms with Crippen LogP contribution in [0.1, 0.15) is 49.7 Å². The first-order chi connectivity index (χ1) is 8.50. The molecule has 1 aromatic carbocycles. The highest BCUT2D eigenvalue weighted by Gasteiger charge is 2.29. The average molecular weight is 241 g/mol. The van der Waals surface area contributed by atoms with Gasteiger partial charge in [0.05, 0.1) is 0 Å². The first kappa shape index (κ1) is 11.5. The SMILES string of the molecule is CC(C)(C)n1c2c(c3ccccc31)C(=O)CCC2. The highest BCUT2D eigenvalue weighted by molar-refractivity contribution is 6.10. The van der Waals surface area contributed by atoms with Crippen LogP contribution in [0.2, 0.25) is 0 Å². The lowest BCUT2D eigenvalue weighted by Crippen LogP contribution is -2.25. The van der Waals surface area contributed by atoms with Gasteiger partial charge in [0, 0.05) is 34.1 Å². The molecule has 2 heteroatoms. The van der Waals surface area contributed by atoms with Crippen LogP contribution < -0.4 is 0 Å². The largest absolute Gasteiger partial charge is 0.339 e. The molecule has 2 aromatic rings. The molecular formula is C16H19NO. The number of Topliss-reactive ketones (excluding diaryl/α,β-unsaturated/α-hetero) is 1. The zero-order valence-corrected chi connectivity index (χ0v) is 11.3. The van der Waals surface area contributed by atoms with Gasteiger partial charge in [0.25, 0.3) is 0 Å². The number of benzene rings is 1. The lowest BCUT2D eigenvalue weighted by Gasteiger charge is -2.27. The Hall–Kier alpha value is -1.57. The van der Waals surface area contributed by atoms with Crippen molar-refractivity contribution in [1.29, 1.82) is 0 Å². The van der Waals surface area contributed by atoms with E-state index in [0.717, 1.165) is 23.8 Å². The molecule has 0 saturated heterocycles. The Morgan fingerprint density at radius 1 is 1.11 bits per heavy atom. The number of nitrogens with zero attached hydrogens (tertiary/aromatic N) is 1. The zero-order chi connectivity index (χ0) is 12.9. The number of ketones is 1. The molecule has 0 unspecified atom stereocenters. The van der Waals surface area contributed by atoms with Gasteiger partial charge in [0.15, 0.2) is 5.78 Å². The van der Waals surface area contributed by atoms with Crippen molar-refractivity contribution in [2.75, 3.05) is 0 Å². The van der Waals surface area contributed by atoms with Crippen molar-refractivity contribution in [2.45, 2.75) is 45.6 Å². The molecule has 0 amide bonds. The molecular weight excluding hydrogens is 222 g/mol. The van der Waals surface area contributed by atoms with Gasteiger partial charge in [-0.3, -0.25) is 4.79 Å². The predicted molar refractivity (Wildman–Crippen MR) is 74.2 cm³/mol. The third kappa shape index (κ3) is 1.52. The minimum Gasteiger partial charge on any atom is -0.339 e. The fourth-order valence-electron chi connectivity index (χ4n) is 3.15. The maximum absolute atomic E-state index is 12.2. The van der Waals surface area contributed by atoms with E-state index in [9.17, 15) is 4.79 Å². The minimum absolute atomic E-state index is 0.0187. The molecule has 0 N–H and O–H groups in total. The standard InChI is InChI=1S/C16H19NO/c1-16(2,3)17-12-8-5-4-7-11(12)15-13(17)9-6-10-14(15)18/h4-5,7-8H,6,9-10H2,1-3H3. The first-order valence-corrected chi connectivity index (χ1v) is 6.66. The van der Waals surface area contributed by atoms with Crippen LogP contribution in [0.3, 0.4) is 0 Å². The monoisotopic (exact) mass is 241 g/mol. The predicted octanol–water partition coefficient (Wildman–Crippen LogP) is 3.92. The number of hydrogen-bond acceptors (Lipinski definition) is 1. The summed E-state index contributed by atoms with van der Waals surface area (Å²) in [5, 5.41) is 1.13.